The zero-order valence-corrected chi connectivity index (χ0v) is 10.9. The molecule has 20 heavy (non-hydrogen) atoms. The Morgan fingerprint density at radius 1 is 1.15 bits per heavy atom. The van der Waals surface area contributed by atoms with Gasteiger partial charge in [-0.2, -0.15) is 5.26 Å². The zero-order valence-electron chi connectivity index (χ0n) is 10.9. The molecule has 0 spiro atoms. The largest absolute Gasteiger partial charge is 0.508 e. The van der Waals surface area contributed by atoms with E-state index < -0.39 is 0 Å². The number of pyridine rings is 1. The van der Waals surface area contributed by atoms with Crippen LogP contribution in [0.25, 0.3) is 11.1 Å². The van der Waals surface area contributed by atoms with Gasteiger partial charge in [0.1, 0.15) is 17.4 Å². The predicted octanol–water partition coefficient (Wildman–Crippen LogP) is 2.50. The predicted molar refractivity (Wildman–Crippen MR) is 75.5 cm³/mol. The summed E-state index contributed by atoms with van der Waals surface area (Å²) in [5.74, 6) is 0.172. The fourth-order valence-corrected chi connectivity index (χ4v) is 2.84. The van der Waals surface area contributed by atoms with E-state index in [9.17, 15) is 15.2 Å². The van der Waals surface area contributed by atoms with Crippen LogP contribution in [0.1, 0.15) is 29.7 Å². The molecule has 0 amide bonds. The number of fused-ring (bicyclic) bond motifs is 1. The van der Waals surface area contributed by atoms with Crippen LogP contribution in [-0.4, -0.2) is 10.1 Å². The van der Waals surface area contributed by atoms with Crippen molar-refractivity contribution in [3.63, 3.8) is 0 Å². The Morgan fingerprint density at radius 3 is 2.55 bits per heavy atom. The number of aromatic nitrogens is 1. The molecule has 1 aliphatic carbocycles. The van der Waals surface area contributed by atoms with Gasteiger partial charge in [0, 0.05) is 11.3 Å². The van der Waals surface area contributed by atoms with Crippen molar-refractivity contribution in [1.82, 2.24) is 4.98 Å². The number of aromatic amines is 1. The summed E-state index contributed by atoms with van der Waals surface area (Å²) in [4.78, 5) is 14.9. The van der Waals surface area contributed by atoms with Crippen molar-refractivity contribution in [2.45, 2.75) is 25.7 Å². The summed E-state index contributed by atoms with van der Waals surface area (Å²) in [6, 6.07) is 8.67. The SMILES string of the molecule is N#Cc1c(-c2ccc(O)cc2)c2c([nH]c1=O)CCCC2. The average molecular weight is 266 g/mol. The maximum Gasteiger partial charge on any atom is 0.266 e. The third kappa shape index (κ3) is 1.97. The second-order valence-electron chi connectivity index (χ2n) is 5.03. The van der Waals surface area contributed by atoms with Crippen molar-refractivity contribution >= 4 is 0 Å². The fourth-order valence-electron chi connectivity index (χ4n) is 2.84. The minimum atomic E-state index is -0.323. The molecule has 100 valence electrons. The lowest BCUT2D eigenvalue weighted by Crippen LogP contribution is -2.20. The Morgan fingerprint density at radius 2 is 1.85 bits per heavy atom. The first-order valence-electron chi connectivity index (χ1n) is 6.68. The first kappa shape index (κ1) is 12.5. The second-order valence-corrected chi connectivity index (χ2v) is 5.03. The van der Waals surface area contributed by atoms with Crippen molar-refractivity contribution in [3.8, 4) is 22.9 Å². The summed E-state index contributed by atoms with van der Waals surface area (Å²) in [5.41, 5.74) is 3.39. The topological polar surface area (TPSA) is 76.9 Å². The molecule has 2 N–H and O–H groups in total. The van der Waals surface area contributed by atoms with E-state index in [0.29, 0.717) is 0 Å². The van der Waals surface area contributed by atoms with Crippen molar-refractivity contribution in [3.05, 3.63) is 51.4 Å². The lowest BCUT2D eigenvalue weighted by atomic mass is 9.87. The summed E-state index contributed by atoms with van der Waals surface area (Å²) in [6.45, 7) is 0. The van der Waals surface area contributed by atoms with Crippen molar-refractivity contribution in [2.24, 2.45) is 0 Å². The third-order valence-electron chi connectivity index (χ3n) is 3.78. The molecule has 0 atom stereocenters. The molecule has 0 saturated carbocycles. The number of H-pyrrole nitrogens is 1. The highest BCUT2D eigenvalue weighted by Gasteiger charge is 2.20. The lowest BCUT2D eigenvalue weighted by molar-refractivity contribution is 0.475. The molecule has 4 nitrogen and oxygen atoms in total. The smallest absolute Gasteiger partial charge is 0.266 e. The number of hydrogen-bond acceptors (Lipinski definition) is 3. The molecule has 0 bridgehead atoms. The molecule has 0 radical (unpaired) electrons. The molecule has 0 unspecified atom stereocenters. The molecule has 0 saturated heterocycles. The number of nitriles is 1. The Balaban J connectivity index is 2.32. The lowest BCUT2D eigenvalue weighted by Gasteiger charge is -2.20. The van der Waals surface area contributed by atoms with Gasteiger partial charge in [-0.25, -0.2) is 0 Å². The summed E-state index contributed by atoms with van der Waals surface area (Å²) < 4.78 is 0. The van der Waals surface area contributed by atoms with Crippen molar-refractivity contribution < 1.29 is 5.11 Å². The molecule has 0 aliphatic heterocycles. The number of phenolic OH excluding ortho intramolecular Hbond substituents is 1. The molecule has 1 heterocycles. The van der Waals surface area contributed by atoms with E-state index >= 15 is 0 Å². The van der Waals surface area contributed by atoms with Crippen LogP contribution in [0.3, 0.4) is 0 Å². The number of nitrogens with zero attached hydrogens (tertiary/aromatic N) is 1. The van der Waals surface area contributed by atoms with E-state index in [-0.39, 0.29) is 16.9 Å². The highest BCUT2D eigenvalue weighted by atomic mass is 16.3. The van der Waals surface area contributed by atoms with Gasteiger partial charge >= 0.3 is 0 Å². The number of phenols is 1. The van der Waals surface area contributed by atoms with Gasteiger partial charge in [-0.1, -0.05) is 12.1 Å². The molecule has 4 heteroatoms. The van der Waals surface area contributed by atoms with Gasteiger partial charge in [-0.3, -0.25) is 4.79 Å². The molecular formula is C16H14N2O2. The minimum absolute atomic E-state index is 0.163. The summed E-state index contributed by atoms with van der Waals surface area (Å²) in [7, 11) is 0. The van der Waals surface area contributed by atoms with Crippen LogP contribution in [0.4, 0.5) is 0 Å². The average Bonchev–Trinajstić information content (AvgIpc) is 2.47. The van der Waals surface area contributed by atoms with Gasteiger partial charge in [0.2, 0.25) is 0 Å². The number of hydrogen-bond donors (Lipinski definition) is 2. The maximum atomic E-state index is 12.1. The van der Waals surface area contributed by atoms with Gasteiger partial charge < -0.3 is 10.1 Å². The van der Waals surface area contributed by atoms with Gasteiger partial charge in [0.25, 0.3) is 5.56 Å². The Bertz CT molecular complexity index is 752. The van der Waals surface area contributed by atoms with E-state index in [2.05, 4.69) is 4.98 Å². The first-order valence-corrected chi connectivity index (χ1v) is 6.68. The van der Waals surface area contributed by atoms with E-state index in [0.717, 1.165) is 48.1 Å². The van der Waals surface area contributed by atoms with Crippen LogP contribution in [0.5, 0.6) is 5.75 Å². The van der Waals surface area contributed by atoms with E-state index in [4.69, 9.17) is 0 Å². The zero-order chi connectivity index (χ0) is 14.1. The summed E-state index contributed by atoms with van der Waals surface area (Å²) >= 11 is 0. The highest BCUT2D eigenvalue weighted by Crippen LogP contribution is 2.32. The van der Waals surface area contributed by atoms with Crippen LogP contribution in [0.2, 0.25) is 0 Å². The van der Waals surface area contributed by atoms with E-state index in [1.54, 1.807) is 24.3 Å². The summed E-state index contributed by atoms with van der Waals surface area (Å²) in [5, 5.41) is 18.7. The number of nitrogens with one attached hydrogen (secondary N) is 1. The standard InChI is InChI=1S/C16H14N2O2/c17-9-13-15(10-5-7-11(19)8-6-10)12-3-1-2-4-14(12)18-16(13)20/h5-8,19H,1-4H2,(H,18,20). The molecule has 0 fully saturated rings. The highest BCUT2D eigenvalue weighted by molar-refractivity contribution is 5.74. The number of aromatic hydroxyl groups is 1. The molecular weight excluding hydrogens is 252 g/mol. The Kier molecular flexibility index (Phi) is 3.03. The minimum Gasteiger partial charge on any atom is -0.508 e. The normalized spacial score (nSPS) is 13.6. The van der Waals surface area contributed by atoms with Crippen LogP contribution in [0, 0.1) is 11.3 Å². The van der Waals surface area contributed by atoms with Crippen LogP contribution < -0.4 is 5.56 Å². The fraction of sp³-hybridized carbons (Fsp3) is 0.250. The molecule has 3 rings (SSSR count). The quantitative estimate of drug-likeness (QED) is 0.832. The van der Waals surface area contributed by atoms with Crippen LogP contribution >= 0.6 is 0 Å². The number of rotatable bonds is 1. The second kappa shape index (κ2) is 4.86. The van der Waals surface area contributed by atoms with Crippen LogP contribution in [-0.2, 0) is 12.8 Å². The monoisotopic (exact) mass is 266 g/mol. The molecule has 2 aromatic rings. The maximum absolute atomic E-state index is 12.1. The van der Waals surface area contributed by atoms with Crippen molar-refractivity contribution in [2.75, 3.05) is 0 Å². The van der Waals surface area contributed by atoms with E-state index in [1.807, 2.05) is 6.07 Å². The number of aryl methyl sites for hydroxylation is 1. The van der Waals surface area contributed by atoms with Gasteiger partial charge in [-0.15, -0.1) is 0 Å². The molecule has 1 aliphatic rings. The van der Waals surface area contributed by atoms with Gasteiger partial charge in [-0.05, 0) is 48.9 Å². The molecule has 1 aromatic carbocycles. The van der Waals surface area contributed by atoms with E-state index in [1.165, 1.54) is 0 Å². The van der Waals surface area contributed by atoms with Gasteiger partial charge in [0.05, 0.1) is 0 Å². The Hall–Kier alpha value is -2.54. The Labute approximate surface area is 116 Å². The van der Waals surface area contributed by atoms with Gasteiger partial charge in [0.15, 0.2) is 0 Å². The summed E-state index contributed by atoms with van der Waals surface area (Å²) in [6.07, 6.45) is 3.84. The molecule has 1 aromatic heterocycles. The van der Waals surface area contributed by atoms with Crippen molar-refractivity contribution in [1.29, 1.82) is 5.26 Å². The number of benzene rings is 1. The third-order valence-corrected chi connectivity index (χ3v) is 3.78. The van der Waals surface area contributed by atoms with Crippen LogP contribution in [0.15, 0.2) is 29.1 Å². The first-order chi connectivity index (χ1) is 9.70.